The monoisotopic (exact) mass is 232 g/mol. The molecular formula is C5H9ClO4S2. The van der Waals surface area contributed by atoms with Gasteiger partial charge in [0.2, 0.25) is 9.05 Å². The van der Waals surface area contributed by atoms with Gasteiger partial charge >= 0.3 is 0 Å². The zero-order valence-corrected chi connectivity index (χ0v) is 8.79. The Morgan fingerprint density at radius 2 is 1.83 bits per heavy atom. The van der Waals surface area contributed by atoms with Crippen LogP contribution in [0.2, 0.25) is 0 Å². The van der Waals surface area contributed by atoms with Crippen LogP contribution in [-0.2, 0) is 18.9 Å². The SMILES string of the molecule is CC(C1CS(=O)(=O)C1)S(=O)(=O)Cl. The van der Waals surface area contributed by atoms with E-state index in [-0.39, 0.29) is 17.4 Å². The highest BCUT2D eigenvalue weighted by atomic mass is 35.7. The first-order valence-corrected chi connectivity index (χ1v) is 7.56. The van der Waals surface area contributed by atoms with Crippen LogP contribution in [0.4, 0.5) is 0 Å². The molecule has 4 nitrogen and oxygen atoms in total. The van der Waals surface area contributed by atoms with E-state index in [0.717, 1.165) is 0 Å². The van der Waals surface area contributed by atoms with Crippen LogP contribution in [0.3, 0.4) is 0 Å². The molecule has 0 amide bonds. The third-order valence-electron chi connectivity index (χ3n) is 2.04. The maximum atomic E-state index is 10.7. The van der Waals surface area contributed by atoms with E-state index in [1.54, 1.807) is 0 Å². The van der Waals surface area contributed by atoms with E-state index in [4.69, 9.17) is 10.7 Å². The smallest absolute Gasteiger partial charge is 0.229 e. The Balaban J connectivity index is 2.67. The van der Waals surface area contributed by atoms with E-state index in [1.165, 1.54) is 6.92 Å². The lowest BCUT2D eigenvalue weighted by molar-refractivity contribution is 0.503. The molecule has 72 valence electrons. The molecule has 1 heterocycles. The number of hydrogen-bond donors (Lipinski definition) is 0. The van der Waals surface area contributed by atoms with Gasteiger partial charge in [0.15, 0.2) is 9.84 Å². The molecule has 0 aromatic carbocycles. The van der Waals surface area contributed by atoms with Crippen LogP contribution in [0.15, 0.2) is 0 Å². The van der Waals surface area contributed by atoms with Crippen LogP contribution in [0.25, 0.3) is 0 Å². The molecule has 1 aliphatic heterocycles. The van der Waals surface area contributed by atoms with Gasteiger partial charge < -0.3 is 0 Å². The Morgan fingerprint density at radius 1 is 1.42 bits per heavy atom. The first-order valence-electron chi connectivity index (χ1n) is 3.36. The Bertz CT molecular complexity index is 356. The van der Waals surface area contributed by atoms with E-state index in [2.05, 4.69) is 0 Å². The molecule has 0 aliphatic carbocycles. The lowest BCUT2D eigenvalue weighted by atomic mass is 10.1. The highest BCUT2D eigenvalue weighted by molar-refractivity contribution is 8.14. The second kappa shape index (κ2) is 2.85. The summed E-state index contributed by atoms with van der Waals surface area (Å²) in [6.07, 6.45) is 0. The average Bonchev–Trinajstić information content (AvgIpc) is 1.78. The molecule has 1 unspecified atom stereocenters. The van der Waals surface area contributed by atoms with Crippen LogP contribution < -0.4 is 0 Å². The predicted molar refractivity (Wildman–Crippen MR) is 46.4 cm³/mol. The first kappa shape index (κ1) is 10.3. The van der Waals surface area contributed by atoms with Crippen molar-refractivity contribution in [1.82, 2.24) is 0 Å². The van der Waals surface area contributed by atoms with Crippen LogP contribution in [-0.4, -0.2) is 33.6 Å². The summed E-state index contributed by atoms with van der Waals surface area (Å²) < 4.78 is 42.9. The van der Waals surface area contributed by atoms with Crippen molar-refractivity contribution < 1.29 is 16.8 Å². The third kappa shape index (κ3) is 2.11. The summed E-state index contributed by atoms with van der Waals surface area (Å²) >= 11 is 0. The first-order chi connectivity index (χ1) is 5.22. The summed E-state index contributed by atoms with van der Waals surface area (Å²) in [5, 5.41) is -0.761. The van der Waals surface area contributed by atoms with Gasteiger partial charge in [0.1, 0.15) is 0 Å². The number of rotatable bonds is 2. The van der Waals surface area contributed by atoms with Gasteiger partial charge in [-0.1, -0.05) is 0 Å². The molecule has 1 saturated heterocycles. The Labute approximate surface area is 76.3 Å². The molecule has 0 radical (unpaired) electrons. The highest BCUT2D eigenvalue weighted by Crippen LogP contribution is 2.27. The van der Waals surface area contributed by atoms with E-state index in [0.29, 0.717) is 0 Å². The van der Waals surface area contributed by atoms with E-state index < -0.39 is 24.1 Å². The molecule has 1 atom stereocenters. The molecule has 7 heteroatoms. The Hall–Kier alpha value is 0.190. The maximum Gasteiger partial charge on any atom is 0.235 e. The minimum absolute atomic E-state index is 0.0554. The van der Waals surface area contributed by atoms with Crippen molar-refractivity contribution in [3.05, 3.63) is 0 Å². The lowest BCUT2D eigenvalue weighted by Crippen LogP contribution is -2.44. The summed E-state index contributed by atoms with van der Waals surface area (Å²) in [6, 6.07) is 0. The molecule has 0 aromatic rings. The standard InChI is InChI=1S/C5H9ClO4S2/c1-4(12(6,9)10)5-2-11(7,8)3-5/h4-5H,2-3H2,1H3. The van der Waals surface area contributed by atoms with Crippen LogP contribution in [0, 0.1) is 5.92 Å². The van der Waals surface area contributed by atoms with Gasteiger partial charge in [-0.2, -0.15) is 0 Å². The van der Waals surface area contributed by atoms with E-state index in [9.17, 15) is 16.8 Å². The quantitative estimate of drug-likeness (QED) is 0.628. The topological polar surface area (TPSA) is 68.3 Å². The molecule has 0 bridgehead atoms. The fraction of sp³-hybridized carbons (Fsp3) is 1.00. The summed E-state index contributed by atoms with van der Waals surface area (Å²) in [7, 11) is -1.50. The summed E-state index contributed by atoms with van der Waals surface area (Å²) in [4.78, 5) is 0. The van der Waals surface area contributed by atoms with Gasteiger partial charge in [-0.3, -0.25) is 0 Å². The second-order valence-corrected chi connectivity index (χ2v) is 8.16. The molecule has 1 rings (SSSR count). The summed E-state index contributed by atoms with van der Waals surface area (Å²) in [6.45, 7) is 1.43. The zero-order chi connectivity index (χ0) is 9.57. The van der Waals surface area contributed by atoms with Gasteiger partial charge in [-0.25, -0.2) is 16.8 Å². The van der Waals surface area contributed by atoms with Crippen molar-refractivity contribution in [2.75, 3.05) is 11.5 Å². The number of sulfone groups is 1. The molecule has 1 aliphatic rings. The summed E-state index contributed by atoms with van der Waals surface area (Å²) in [5.41, 5.74) is 0. The van der Waals surface area contributed by atoms with Gasteiger partial charge in [0, 0.05) is 16.6 Å². The van der Waals surface area contributed by atoms with Crippen molar-refractivity contribution in [2.45, 2.75) is 12.2 Å². The third-order valence-corrected chi connectivity index (χ3v) is 6.03. The largest absolute Gasteiger partial charge is 0.235 e. The highest BCUT2D eigenvalue weighted by Gasteiger charge is 2.41. The van der Waals surface area contributed by atoms with Gasteiger partial charge in [0.05, 0.1) is 16.8 Å². The summed E-state index contributed by atoms with van der Waals surface area (Å²) in [5.74, 6) is -0.433. The van der Waals surface area contributed by atoms with Crippen LogP contribution in [0.1, 0.15) is 6.92 Å². The van der Waals surface area contributed by atoms with Crippen LogP contribution in [0.5, 0.6) is 0 Å². The van der Waals surface area contributed by atoms with Gasteiger partial charge in [-0.15, -0.1) is 0 Å². The number of hydrogen-bond acceptors (Lipinski definition) is 4. The maximum absolute atomic E-state index is 10.7. The molecule has 0 aromatic heterocycles. The fourth-order valence-corrected chi connectivity index (χ4v) is 4.22. The lowest BCUT2D eigenvalue weighted by Gasteiger charge is -2.28. The van der Waals surface area contributed by atoms with Gasteiger partial charge in [0.25, 0.3) is 0 Å². The van der Waals surface area contributed by atoms with E-state index in [1.807, 2.05) is 0 Å². The zero-order valence-electron chi connectivity index (χ0n) is 6.40. The van der Waals surface area contributed by atoms with Gasteiger partial charge in [-0.05, 0) is 6.92 Å². The predicted octanol–water partition coefficient (Wildman–Crippen LogP) is -0.0119. The fourth-order valence-electron chi connectivity index (χ4n) is 1.10. The molecule has 0 saturated carbocycles. The minimum atomic E-state index is -3.61. The Morgan fingerprint density at radius 3 is 2.08 bits per heavy atom. The van der Waals surface area contributed by atoms with Crippen molar-refractivity contribution in [1.29, 1.82) is 0 Å². The molecule has 0 N–H and O–H groups in total. The molecular weight excluding hydrogens is 224 g/mol. The second-order valence-electron chi connectivity index (χ2n) is 3.02. The van der Waals surface area contributed by atoms with Crippen molar-refractivity contribution in [3.8, 4) is 0 Å². The average molecular weight is 233 g/mol. The minimum Gasteiger partial charge on any atom is -0.229 e. The van der Waals surface area contributed by atoms with Crippen LogP contribution >= 0.6 is 10.7 Å². The van der Waals surface area contributed by atoms with Crippen molar-refractivity contribution >= 4 is 29.6 Å². The molecule has 1 fully saturated rings. The van der Waals surface area contributed by atoms with E-state index >= 15 is 0 Å². The van der Waals surface area contributed by atoms with Crippen molar-refractivity contribution in [2.24, 2.45) is 5.92 Å². The Kier molecular flexibility index (Phi) is 2.44. The normalized spacial score (nSPS) is 26.2. The van der Waals surface area contributed by atoms with Crippen molar-refractivity contribution in [3.63, 3.8) is 0 Å². The number of halogens is 1. The molecule has 12 heavy (non-hydrogen) atoms. The molecule has 0 spiro atoms.